The van der Waals surface area contributed by atoms with Crippen molar-refractivity contribution < 1.29 is 4.42 Å². The van der Waals surface area contributed by atoms with Crippen LogP contribution in [0.5, 0.6) is 0 Å². The van der Waals surface area contributed by atoms with E-state index in [0.29, 0.717) is 0 Å². The number of aromatic nitrogens is 3. The van der Waals surface area contributed by atoms with Gasteiger partial charge in [0.15, 0.2) is 0 Å². The molecule has 0 fully saturated rings. The summed E-state index contributed by atoms with van der Waals surface area (Å²) >= 11 is 0. The summed E-state index contributed by atoms with van der Waals surface area (Å²) in [6, 6.07) is 8.40. The summed E-state index contributed by atoms with van der Waals surface area (Å²) in [5, 5.41) is 12.5. The molecule has 0 aliphatic heterocycles. The number of nitrogens with one attached hydrogen (secondary N) is 1. The lowest BCUT2D eigenvalue weighted by molar-refractivity contribution is 0.429. The van der Waals surface area contributed by atoms with Gasteiger partial charge in [0.05, 0.1) is 18.8 Å². The second kappa shape index (κ2) is 6.10. The summed E-state index contributed by atoms with van der Waals surface area (Å²) < 4.78 is 7.86. The summed E-state index contributed by atoms with van der Waals surface area (Å²) in [5.41, 5.74) is 2.26. The van der Waals surface area contributed by atoms with Gasteiger partial charge in [0.25, 0.3) is 0 Å². The van der Waals surface area contributed by atoms with E-state index in [2.05, 4.69) is 41.6 Å². The number of nitrogens with zero attached hydrogens (tertiary/aromatic N) is 3. The Labute approximate surface area is 123 Å². The van der Waals surface area contributed by atoms with Crippen LogP contribution in [0.15, 0.2) is 41.1 Å². The number of para-hydroxylation sites is 1. The number of benzene rings is 1. The van der Waals surface area contributed by atoms with Crippen LogP contribution in [0.4, 0.5) is 0 Å². The molecular formula is C16H20N4O. The van der Waals surface area contributed by atoms with Crippen molar-refractivity contribution in [3.05, 3.63) is 48.0 Å². The van der Waals surface area contributed by atoms with Crippen molar-refractivity contribution in [1.82, 2.24) is 20.3 Å². The Bertz CT molecular complexity index is 702. The molecule has 0 amide bonds. The molecule has 110 valence electrons. The van der Waals surface area contributed by atoms with Crippen LogP contribution in [0.3, 0.4) is 0 Å². The van der Waals surface area contributed by atoms with Gasteiger partial charge in [-0.3, -0.25) is 4.68 Å². The lowest BCUT2D eigenvalue weighted by Crippen LogP contribution is -2.24. The van der Waals surface area contributed by atoms with Crippen molar-refractivity contribution in [2.75, 3.05) is 6.54 Å². The summed E-state index contributed by atoms with van der Waals surface area (Å²) in [5.74, 6) is 1.04. The van der Waals surface area contributed by atoms with E-state index in [1.54, 1.807) is 6.20 Å². The Morgan fingerprint density at radius 2 is 2.19 bits per heavy atom. The molecule has 0 saturated carbocycles. The van der Waals surface area contributed by atoms with E-state index >= 15 is 0 Å². The van der Waals surface area contributed by atoms with Gasteiger partial charge in [0.1, 0.15) is 11.3 Å². The molecule has 1 aromatic carbocycles. The van der Waals surface area contributed by atoms with Crippen LogP contribution in [0, 0.1) is 0 Å². The zero-order valence-electron chi connectivity index (χ0n) is 12.4. The molecule has 2 heterocycles. The minimum Gasteiger partial charge on any atom is -0.459 e. The lowest BCUT2D eigenvalue weighted by Gasteiger charge is -2.13. The molecule has 1 N–H and O–H groups in total. The molecule has 1 atom stereocenters. The van der Waals surface area contributed by atoms with Crippen molar-refractivity contribution in [1.29, 1.82) is 0 Å². The van der Waals surface area contributed by atoms with Crippen LogP contribution in [-0.2, 0) is 13.0 Å². The monoisotopic (exact) mass is 284 g/mol. The van der Waals surface area contributed by atoms with E-state index in [1.807, 2.05) is 23.0 Å². The molecular weight excluding hydrogens is 264 g/mol. The van der Waals surface area contributed by atoms with Crippen LogP contribution in [0.2, 0.25) is 0 Å². The number of hydrogen-bond donors (Lipinski definition) is 1. The van der Waals surface area contributed by atoms with E-state index in [9.17, 15) is 0 Å². The first-order valence-electron chi connectivity index (χ1n) is 7.37. The average molecular weight is 284 g/mol. The highest BCUT2D eigenvalue weighted by molar-refractivity contribution is 5.82. The minimum atomic E-state index is 0.177. The Morgan fingerprint density at radius 3 is 2.95 bits per heavy atom. The first-order valence-corrected chi connectivity index (χ1v) is 7.37. The smallest absolute Gasteiger partial charge is 0.134 e. The van der Waals surface area contributed by atoms with Crippen molar-refractivity contribution in [3.8, 4) is 0 Å². The highest BCUT2D eigenvalue weighted by Crippen LogP contribution is 2.30. The predicted octanol–water partition coefficient (Wildman–Crippen LogP) is 2.94. The third kappa shape index (κ3) is 2.83. The van der Waals surface area contributed by atoms with E-state index in [4.69, 9.17) is 4.42 Å². The molecule has 0 aliphatic carbocycles. The minimum absolute atomic E-state index is 0.177. The maximum atomic E-state index is 6.04. The van der Waals surface area contributed by atoms with Crippen LogP contribution in [-0.4, -0.2) is 21.5 Å². The van der Waals surface area contributed by atoms with Crippen LogP contribution in [0.25, 0.3) is 11.0 Å². The fourth-order valence-electron chi connectivity index (χ4n) is 2.67. The van der Waals surface area contributed by atoms with Gasteiger partial charge >= 0.3 is 0 Å². The van der Waals surface area contributed by atoms with Crippen molar-refractivity contribution in [3.63, 3.8) is 0 Å². The molecule has 0 aliphatic rings. The lowest BCUT2D eigenvalue weighted by atomic mass is 10.1. The third-order valence-corrected chi connectivity index (χ3v) is 3.74. The third-order valence-electron chi connectivity index (χ3n) is 3.74. The fraction of sp³-hybridized carbons (Fsp3) is 0.375. The number of hydrogen-bond acceptors (Lipinski definition) is 4. The van der Waals surface area contributed by atoms with Crippen LogP contribution in [0.1, 0.15) is 31.2 Å². The van der Waals surface area contributed by atoms with E-state index in [1.165, 1.54) is 10.9 Å². The molecule has 0 saturated heterocycles. The normalized spacial score (nSPS) is 12.9. The van der Waals surface area contributed by atoms with E-state index < -0.39 is 0 Å². The van der Waals surface area contributed by atoms with Crippen LogP contribution >= 0.6 is 0 Å². The SMILES string of the molecule is CCc1c(C(C)NCCn2ccnn2)oc2ccccc12. The number of aryl methyl sites for hydroxylation is 1. The Morgan fingerprint density at radius 1 is 1.33 bits per heavy atom. The molecule has 3 aromatic rings. The molecule has 0 spiro atoms. The fourth-order valence-corrected chi connectivity index (χ4v) is 2.67. The highest BCUT2D eigenvalue weighted by Gasteiger charge is 2.17. The van der Waals surface area contributed by atoms with Gasteiger partial charge in [0.2, 0.25) is 0 Å². The van der Waals surface area contributed by atoms with Crippen LogP contribution < -0.4 is 5.32 Å². The second-order valence-electron chi connectivity index (χ2n) is 5.14. The summed E-state index contributed by atoms with van der Waals surface area (Å²) in [6.45, 7) is 5.93. The number of furan rings is 1. The van der Waals surface area contributed by atoms with Gasteiger partial charge in [-0.2, -0.15) is 0 Å². The predicted molar refractivity (Wildman–Crippen MR) is 82.0 cm³/mol. The molecule has 2 aromatic heterocycles. The zero-order valence-corrected chi connectivity index (χ0v) is 12.4. The Hall–Kier alpha value is -2.14. The molecule has 1 unspecified atom stereocenters. The highest BCUT2D eigenvalue weighted by atomic mass is 16.3. The van der Waals surface area contributed by atoms with Gasteiger partial charge in [-0.15, -0.1) is 5.10 Å². The van der Waals surface area contributed by atoms with Crippen molar-refractivity contribution >= 4 is 11.0 Å². The molecule has 0 radical (unpaired) electrons. The first-order chi connectivity index (χ1) is 10.3. The van der Waals surface area contributed by atoms with Gasteiger partial charge in [-0.1, -0.05) is 30.3 Å². The van der Waals surface area contributed by atoms with Crippen molar-refractivity contribution in [2.45, 2.75) is 32.9 Å². The Kier molecular flexibility index (Phi) is 4.01. The summed E-state index contributed by atoms with van der Waals surface area (Å²) in [6.07, 6.45) is 4.53. The van der Waals surface area contributed by atoms with Crippen molar-refractivity contribution in [2.24, 2.45) is 0 Å². The maximum absolute atomic E-state index is 6.04. The maximum Gasteiger partial charge on any atom is 0.134 e. The van der Waals surface area contributed by atoms with Gasteiger partial charge in [-0.05, 0) is 19.4 Å². The standard InChI is InChI=1S/C16H20N4O/c1-3-13-14-6-4-5-7-15(14)21-16(13)12(2)17-8-10-20-11-9-18-19-20/h4-7,9,11-12,17H,3,8,10H2,1-2H3. The first kappa shape index (κ1) is 13.8. The van der Waals surface area contributed by atoms with E-state index in [0.717, 1.165) is 30.9 Å². The summed E-state index contributed by atoms with van der Waals surface area (Å²) in [7, 11) is 0. The number of fused-ring (bicyclic) bond motifs is 1. The van der Waals surface area contributed by atoms with Gasteiger partial charge < -0.3 is 9.73 Å². The quantitative estimate of drug-likeness (QED) is 0.756. The largest absolute Gasteiger partial charge is 0.459 e. The molecule has 5 heteroatoms. The summed E-state index contributed by atoms with van der Waals surface area (Å²) in [4.78, 5) is 0. The van der Waals surface area contributed by atoms with Gasteiger partial charge in [0, 0.05) is 23.7 Å². The second-order valence-corrected chi connectivity index (χ2v) is 5.14. The Balaban J connectivity index is 1.73. The zero-order chi connectivity index (χ0) is 14.7. The molecule has 21 heavy (non-hydrogen) atoms. The van der Waals surface area contributed by atoms with E-state index in [-0.39, 0.29) is 6.04 Å². The number of rotatable bonds is 6. The molecule has 0 bridgehead atoms. The average Bonchev–Trinajstić information content (AvgIpc) is 3.13. The molecule has 5 nitrogen and oxygen atoms in total. The van der Waals surface area contributed by atoms with Gasteiger partial charge in [-0.25, -0.2) is 0 Å². The molecule has 3 rings (SSSR count). The topological polar surface area (TPSA) is 55.9 Å².